The fraction of sp³-hybridized carbons (Fsp3) is 0.111. The van der Waals surface area contributed by atoms with Crippen LogP contribution in [0.5, 0.6) is 0 Å². The van der Waals surface area contributed by atoms with Gasteiger partial charge < -0.3 is 5.11 Å². The molecule has 0 aromatic heterocycles. The number of rotatable bonds is 2. The second-order valence-corrected chi connectivity index (χ2v) is 3.57. The Bertz CT molecular complexity index is 426. The second kappa shape index (κ2) is 4.36. The molecule has 0 fully saturated rings. The largest absolute Gasteiger partial charge is 0.481 e. The summed E-state index contributed by atoms with van der Waals surface area (Å²) in [6.45, 7) is 0. The first-order valence-electron chi connectivity index (χ1n) is 3.68. The Labute approximate surface area is 91.3 Å². The van der Waals surface area contributed by atoms with Crippen LogP contribution in [0.25, 0.3) is 0 Å². The molecule has 0 amide bonds. The fourth-order valence-corrected chi connectivity index (χ4v) is 1.72. The van der Waals surface area contributed by atoms with Crippen molar-refractivity contribution in [3.8, 4) is 6.07 Å². The van der Waals surface area contributed by atoms with Gasteiger partial charge in [0, 0.05) is 4.90 Å². The Morgan fingerprint density at radius 2 is 2.29 bits per heavy atom. The van der Waals surface area contributed by atoms with Crippen LogP contribution in [0.3, 0.4) is 0 Å². The normalized spacial score (nSPS) is 9.50. The Kier molecular flexibility index (Phi) is 3.39. The molecule has 1 rings (SSSR count). The van der Waals surface area contributed by atoms with Crippen molar-refractivity contribution in [2.24, 2.45) is 0 Å². The molecule has 0 aliphatic carbocycles. The third kappa shape index (κ3) is 2.41. The average molecular weight is 228 g/mol. The molecular weight excluding hydrogens is 222 g/mol. The summed E-state index contributed by atoms with van der Waals surface area (Å²) < 4.78 is 0. The second-order valence-electron chi connectivity index (χ2n) is 2.64. The summed E-state index contributed by atoms with van der Waals surface area (Å²) in [7, 11) is 0. The Morgan fingerprint density at radius 3 is 2.79 bits per heavy atom. The Balaban J connectivity index is 3.26. The monoisotopic (exact) mass is 227 g/mol. The predicted molar refractivity (Wildman–Crippen MR) is 54.8 cm³/mol. The lowest BCUT2D eigenvalue weighted by Gasteiger charge is -2.04. The van der Waals surface area contributed by atoms with Crippen molar-refractivity contribution in [2.45, 2.75) is 11.3 Å². The van der Waals surface area contributed by atoms with Crippen molar-refractivity contribution in [3.63, 3.8) is 0 Å². The number of carbonyl (C=O) groups is 1. The van der Waals surface area contributed by atoms with E-state index in [2.05, 4.69) is 12.6 Å². The highest BCUT2D eigenvalue weighted by Gasteiger charge is 2.11. The molecule has 0 unspecified atom stereocenters. The van der Waals surface area contributed by atoms with Crippen molar-refractivity contribution in [1.82, 2.24) is 0 Å². The minimum Gasteiger partial charge on any atom is -0.481 e. The van der Waals surface area contributed by atoms with Crippen LogP contribution in [0.1, 0.15) is 11.1 Å². The van der Waals surface area contributed by atoms with Gasteiger partial charge >= 0.3 is 5.97 Å². The van der Waals surface area contributed by atoms with Gasteiger partial charge in [-0.1, -0.05) is 11.6 Å². The number of carboxylic acid groups (broad SMARTS) is 1. The van der Waals surface area contributed by atoms with Crippen LogP contribution in [0.15, 0.2) is 17.0 Å². The van der Waals surface area contributed by atoms with E-state index < -0.39 is 5.97 Å². The van der Waals surface area contributed by atoms with E-state index in [-0.39, 0.29) is 17.0 Å². The molecule has 0 saturated heterocycles. The quantitative estimate of drug-likeness (QED) is 0.761. The number of benzene rings is 1. The van der Waals surface area contributed by atoms with Gasteiger partial charge in [-0.3, -0.25) is 4.79 Å². The van der Waals surface area contributed by atoms with Gasteiger partial charge in [-0.25, -0.2) is 0 Å². The van der Waals surface area contributed by atoms with Crippen LogP contribution in [0.2, 0.25) is 5.02 Å². The molecule has 0 heterocycles. The molecule has 0 aliphatic rings. The molecule has 0 atom stereocenters. The van der Waals surface area contributed by atoms with E-state index in [4.69, 9.17) is 22.0 Å². The number of nitrogens with zero attached hydrogens (tertiary/aromatic N) is 1. The molecule has 5 heteroatoms. The molecule has 0 radical (unpaired) electrons. The SMILES string of the molecule is N#Cc1c(Cl)cc(S)cc1CC(=O)O. The van der Waals surface area contributed by atoms with Crippen LogP contribution < -0.4 is 0 Å². The first-order chi connectivity index (χ1) is 6.54. The summed E-state index contributed by atoms with van der Waals surface area (Å²) in [5, 5.41) is 17.6. The fourth-order valence-electron chi connectivity index (χ4n) is 1.08. The number of nitriles is 1. The van der Waals surface area contributed by atoms with Crippen molar-refractivity contribution < 1.29 is 9.90 Å². The van der Waals surface area contributed by atoms with Gasteiger partial charge in [0.25, 0.3) is 0 Å². The van der Waals surface area contributed by atoms with Gasteiger partial charge in [-0.15, -0.1) is 12.6 Å². The molecule has 14 heavy (non-hydrogen) atoms. The topological polar surface area (TPSA) is 61.1 Å². The molecule has 3 nitrogen and oxygen atoms in total. The molecule has 72 valence electrons. The van der Waals surface area contributed by atoms with Gasteiger partial charge in [0.1, 0.15) is 6.07 Å². The average Bonchev–Trinajstić information content (AvgIpc) is 2.01. The van der Waals surface area contributed by atoms with Crippen molar-refractivity contribution in [1.29, 1.82) is 5.26 Å². The molecule has 0 bridgehead atoms. The number of halogens is 1. The number of thiol groups is 1. The standard InChI is InChI=1S/C9H6ClNO2S/c10-8-3-6(14)1-5(2-9(12)13)7(8)4-11/h1,3,14H,2H2,(H,12,13). The number of hydrogen-bond acceptors (Lipinski definition) is 3. The Hall–Kier alpha value is -1.18. The number of hydrogen-bond donors (Lipinski definition) is 2. The van der Waals surface area contributed by atoms with Crippen LogP contribution >= 0.6 is 24.2 Å². The molecule has 0 spiro atoms. The molecule has 0 saturated carbocycles. The van der Waals surface area contributed by atoms with Crippen LogP contribution in [0, 0.1) is 11.3 Å². The summed E-state index contributed by atoms with van der Waals surface area (Å²) in [6.07, 6.45) is -0.225. The van der Waals surface area contributed by atoms with Gasteiger partial charge in [0.05, 0.1) is 17.0 Å². The van der Waals surface area contributed by atoms with Crippen LogP contribution in [0.4, 0.5) is 0 Å². The third-order valence-electron chi connectivity index (χ3n) is 1.61. The van der Waals surface area contributed by atoms with E-state index in [1.165, 1.54) is 12.1 Å². The minimum absolute atomic E-state index is 0.201. The third-order valence-corrected chi connectivity index (χ3v) is 2.17. The summed E-state index contributed by atoms with van der Waals surface area (Å²) in [5.74, 6) is -1.00. The number of aliphatic carboxylic acids is 1. The van der Waals surface area contributed by atoms with Gasteiger partial charge in [0.2, 0.25) is 0 Å². The lowest BCUT2D eigenvalue weighted by atomic mass is 10.1. The van der Waals surface area contributed by atoms with Gasteiger partial charge in [-0.05, 0) is 17.7 Å². The van der Waals surface area contributed by atoms with Gasteiger partial charge in [0.15, 0.2) is 0 Å². The van der Waals surface area contributed by atoms with E-state index in [1.54, 1.807) is 0 Å². The van der Waals surface area contributed by atoms with E-state index in [0.29, 0.717) is 10.5 Å². The van der Waals surface area contributed by atoms with E-state index in [9.17, 15) is 4.79 Å². The zero-order valence-corrected chi connectivity index (χ0v) is 8.64. The van der Waals surface area contributed by atoms with Crippen molar-refractivity contribution in [3.05, 3.63) is 28.3 Å². The lowest BCUT2D eigenvalue weighted by Crippen LogP contribution is -2.02. The zero-order chi connectivity index (χ0) is 10.7. The van der Waals surface area contributed by atoms with Crippen molar-refractivity contribution in [2.75, 3.05) is 0 Å². The zero-order valence-electron chi connectivity index (χ0n) is 6.99. The first-order valence-corrected chi connectivity index (χ1v) is 4.50. The maximum absolute atomic E-state index is 10.5. The van der Waals surface area contributed by atoms with Gasteiger partial charge in [-0.2, -0.15) is 5.26 Å². The molecule has 0 aliphatic heterocycles. The maximum atomic E-state index is 10.5. The highest BCUT2D eigenvalue weighted by atomic mass is 35.5. The Morgan fingerprint density at radius 1 is 1.64 bits per heavy atom. The summed E-state index contributed by atoms with van der Waals surface area (Å²) in [5.41, 5.74) is 0.587. The molecular formula is C9H6ClNO2S. The van der Waals surface area contributed by atoms with Crippen molar-refractivity contribution >= 4 is 30.2 Å². The summed E-state index contributed by atoms with van der Waals surface area (Å²) in [6, 6.07) is 4.91. The molecule has 1 aromatic rings. The highest BCUT2D eigenvalue weighted by molar-refractivity contribution is 7.80. The summed E-state index contributed by atoms with van der Waals surface area (Å²) >= 11 is 9.80. The molecule has 1 aromatic carbocycles. The smallest absolute Gasteiger partial charge is 0.307 e. The lowest BCUT2D eigenvalue weighted by molar-refractivity contribution is -0.136. The van der Waals surface area contributed by atoms with E-state index >= 15 is 0 Å². The maximum Gasteiger partial charge on any atom is 0.307 e. The first kappa shape index (κ1) is 10.9. The van der Waals surface area contributed by atoms with E-state index in [1.807, 2.05) is 6.07 Å². The summed E-state index contributed by atoms with van der Waals surface area (Å²) in [4.78, 5) is 11.0. The number of carboxylic acids is 1. The minimum atomic E-state index is -1.00. The predicted octanol–water partition coefficient (Wildman–Crippen LogP) is 2.13. The van der Waals surface area contributed by atoms with Crippen LogP contribution in [-0.2, 0) is 11.2 Å². The molecule has 1 N–H and O–H groups in total. The highest BCUT2D eigenvalue weighted by Crippen LogP contribution is 2.24. The van der Waals surface area contributed by atoms with Crippen LogP contribution in [-0.4, -0.2) is 11.1 Å². The van der Waals surface area contributed by atoms with E-state index in [0.717, 1.165) is 0 Å².